The van der Waals surface area contributed by atoms with Gasteiger partial charge in [0.25, 0.3) is 11.8 Å². The summed E-state index contributed by atoms with van der Waals surface area (Å²) in [5.74, 6) is -2.64. The first-order valence-electron chi connectivity index (χ1n) is 16.5. The van der Waals surface area contributed by atoms with Crippen molar-refractivity contribution in [3.63, 3.8) is 0 Å². The summed E-state index contributed by atoms with van der Waals surface area (Å²) in [6.45, 7) is 14.1. The van der Waals surface area contributed by atoms with Gasteiger partial charge in [-0.25, -0.2) is 0 Å². The van der Waals surface area contributed by atoms with Crippen LogP contribution in [0.3, 0.4) is 0 Å². The number of ether oxygens (including phenoxy) is 1. The summed E-state index contributed by atoms with van der Waals surface area (Å²) in [4.78, 5) is 67.6. The molecule has 1 heterocycles. The fourth-order valence-electron chi connectivity index (χ4n) is 5.71. The minimum atomic E-state index is -1.04. The van der Waals surface area contributed by atoms with Crippen molar-refractivity contribution in [3.8, 4) is 5.75 Å². The summed E-state index contributed by atoms with van der Waals surface area (Å²) in [6.07, 6.45) is 7.27. The standard InChI is InChI=1S/C34H53N5O6/c1-22(2)27(28(40)32(43)36-25-12-8-7-9-13-25)37-30(41)23(3)35-33(44)29(34(4,5)6)38-31(42)24-14-16-26(17-15-24)45-21-20-39-18-10-11-19-39/h14-17,22-23,25,27,29H,7-13,18-21H2,1-6H3,(H,35,44)(H,36,43)(H,37,41)(H,38,42)/t23?,27-,29+/m0/s1. The molecule has 4 amide bonds. The van der Waals surface area contributed by atoms with Crippen molar-refractivity contribution in [3.05, 3.63) is 29.8 Å². The summed E-state index contributed by atoms with van der Waals surface area (Å²) in [6, 6.07) is 3.73. The number of nitrogens with one attached hydrogen (secondary N) is 4. The van der Waals surface area contributed by atoms with Gasteiger partial charge in [0.15, 0.2) is 0 Å². The van der Waals surface area contributed by atoms with Crippen molar-refractivity contribution >= 4 is 29.4 Å². The van der Waals surface area contributed by atoms with Crippen LogP contribution in [0.25, 0.3) is 0 Å². The van der Waals surface area contributed by atoms with Crippen LogP contribution in [0.4, 0.5) is 0 Å². The van der Waals surface area contributed by atoms with Crippen molar-refractivity contribution in [1.82, 2.24) is 26.2 Å². The van der Waals surface area contributed by atoms with Crippen LogP contribution in [-0.4, -0.2) is 84.7 Å². The molecule has 1 unspecified atom stereocenters. The zero-order valence-electron chi connectivity index (χ0n) is 27.9. The van der Waals surface area contributed by atoms with E-state index in [1.165, 1.54) is 19.8 Å². The zero-order valence-corrected chi connectivity index (χ0v) is 27.9. The van der Waals surface area contributed by atoms with Crippen LogP contribution in [0.5, 0.6) is 5.75 Å². The fourth-order valence-corrected chi connectivity index (χ4v) is 5.71. The van der Waals surface area contributed by atoms with Gasteiger partial charge >= 0.3 is 0 Å². The molecule has 1 saturated heterocycles. The predicted molar refractivity (Wildman–Crippen MR) is 173 cm³/mol. The molecule has 0 bridgehead atoms. The van der Waals surface area contributed by atoms with Crippen molar-refractivity contribution in [2.45, 2.75) is 111 Å². The van der Waals surface area contributed by atoms with Gasteiger partial charge in [-0.15, -0.1) is 0 Å². The van der Waals surface area contributed by atoms with E-state index in [9.17, 15) is 24.0 Å². The monoisotopic (exact) mass is 627 g/mol. The van der Waals surface area contributed by atoms with E-state index in [1.807, 2.05) is 20.8 Å². The minimum Gasteiger partial charge on any atom is -0.492 e. The molecule has 45 heavy (non-hydrogen) atoms. The summed E-state index contributed by atoms with van der Waals surface area (Å²) in [5, 5.41) is 11.0. The van der Waals surface area contributed by atoms with Crippen LogP contribution in [0.1, 0.15) is 96.8 Å². The van der Waals surface area contributed by atoms with Crippen molar-refractivity contribution in [1.29, 1.82) is 0 Å². The van der Waals surface area contributed by atoms with E-state index in [-0.39, 0.29) is 12.0 Å². The molecule has 0 spiro atoms. The molecule has 4 N–H and O–H groups in total. The molecule has 1 aliphatic carbocycles. The van der Waals surface area contributed by atoms with Gasteiger partial charge in [0.2, 0.25) is 17.6 Å². The Hall–Kier alpha value is -3.47. The lowest BCUT2D eigenvalue weighted by atomic mass is 9.85. The molecule has 0 aromatic heterocycles. The van der Waals surface area contributed by atoms with Gasteiger partial charge in [0.1, 0.15) is 24.4 Å². The molecule has 2 aliphatic rings. The highest BCUT2D eigenvalue weighted by Crippen LogP contribution is 2.21. The lowest BCUT2D eigenvalue weighted by molar-refractivity contribution is -0.141. The Morgan fingerprint density at radius 2 is 1.47 bits per heavy atom. The van der Waals surface area contributed by atoms with E-state index >= 15 is 0 Å². The molecule has 11 heteroatoms. The highest BCUT2D eigenvalue weighted by atomic mass is 16.5. The van der Waals surface area contributed by atoms with Crippen LogP contribution in [0.15, 0.2) is 24.3 Å². The molecule has 1 saturated carbocycles. The minimum absolute atomic E-state index is 0.0302. The molecule has 1 aliphatic heterocycles. The third-order valence-corrected chi connectivity index (χ3v) is 8.56. The molecule has 250 valence electrons. The van der Waals surface area contributed by atoms with Gasteiger partial charge in [-0.1, -0.05) is 53.9 Å². The number of rotatable bonds is 14. The second-order valence-corrected chi connectivity index (χ2v) is 13.8. The average Bonchev–Trinajstić information content (AvgIpc) is 3.51. The highest BCUT2D eigenvalue weighted by molar-refractivity contribution is 6.38. The number of benzene rings is 1. The second-order valence-electron chi connectivity index (χ2n) is 13.8. The molecule has 2 fully saturated rings. The lowest BCUT2D eigenvalue weighted by Crippen LogP contribution is -2.59. The Labute approximate surface area is 268 Å². The van der Waals surface area contributed by atoms with Crippen molar-refractivity contribution < 1.29 is 28.7 Å². The molecular formula is C34H53N5O6. The Kier molecular flexibility index (Phi) is 13.4. The van der Waals surface area contributed by atoms with E-state index < -0.39 is 53.0 Å². The summed E-state index contributed by atoms with van der Waals surface area (Å²) in [7, 11) is 0. The Morgan fingerprint density at radius 1 is 0.844 bits per heavy atom. The van der Waals surface area contributed by atoms with Crippen LogP contribution in [0, 0.1) is 11.3 Å². The number of nitrogens with zero attached hydrogens (tertiary/aromatic N) is 1. The number of ketones is 1. The first-order valence-corrected chi connectivity index (χ1v) is 16.5. The third kappa shape index (κ3) is 11.1. The van der Waals surface area contributed by atoms with Crippen LogP contribution < -0.4 is 26.0 Å². The average molecular weight is 628 g/mol. The molecule has 11 nitrogen and oxygen atoms in total. The first-order chi connectivity index (χ1) is 21.3. The van der Waals surface area contributed by atoms with Crippen molar-refractivity contribution in [2.75, 3.05) is 26.2 Å². The van der Waals surface area contributed by atoms with E-state index in [0.717, 1.165) is 51.7 Å². The third-order valence-electron chi connectivity index (χ3n) is 8.56. The van der Waals surface area contributed by atoms with E-state index in [0.29, 0.717) is 17.9 Å². The summed E-state index contributed by atoms with van der Waals surface area (Å²) < 4.78 is 5.83. The van der Waals surface area contributed by atoms with Gasteiger partial charge in [-0.2, -0.15) is 0 Å². The molecule has 3 rings (SSSR count). The SMILES string of the molecule is CC(NC(=O)[C@@H](NC(=O)c1ccc(OCCN2CCCC2)cc1)C(C)(C)C)C(=O)N[C@H](C(=O)C(=O)NC1CCCCC1)C(C)C. The number of carbonyl (C=O) groups excluding carboxylic acids is 5. The first kappa shape index (κ1) is 36.0. The van der Waals surface area contributed by atoms with Crippen LogP contribution in [0.2, 0.25) is 0 Å². The van der Waals surface area contributed by atoms with E-state index in [4.69, 9.17) is 4.74 Å². The van der Waals surface area contributed by atoms with Crippen LogP contribution >= 0.6 is 0 Å². The molecular weight excluding hydrogens is 574 g/mol. The topological polar surface area (TPSA) is 146 Å². The molecule has 1 aromatic carbocycles. The second kappa shape index (κ2) is 16.7. The maximum atomic E-state index is 13.4. The maximum Gasteiger partial charge on any atom is 0.289 e. The Morgan fingerprint density at radius 3 is 2.04 bits per heavy atom. The zero-order chi connectivity index (χ0) is 33.1. The van der Waals surface area contributed by atoms with Crippen LogP contribution in [-0.2, 0) is 19.2 Å². The van der Waals surface area contributed by atoms with Gasteiger partial charge in [0.05, 0.1) is 6.04 Å². The largest absolute Gasteiger partial charge is 0.492 e. The van der Waals surface area contributed by atoms with E-state index in [1.54, 1.807) is 38.1 Å². The van der Waals surface area contributed by atoms with E-state index in [2.05, 4.69) is 26.2 Å². The highest BCUT2D eigenvalue weighted by Gasteiger charge is 2.36. The summed E-state index contributed by atoms with van der Waals surface area (Å²) in [5.41, 5.74) is -0.304. The smallest absolute Gasteiger partial charge is 0.289 e. The maximum absolute atomic E-state index is 13.4. The molecule has 1 aromatic rings. The molecule has 3 atom stereocenters. The molecule has 0 radical (unpaired) electrons. The lowest BCUT2D eigenvalue weighted by Gasteiger charge is -2.31. The quantitative estimate of drug-likeness (QED) is 0.232. The summed E-state index contributed by atoms with van der Waals surface area (Å²) >= 11 is 0. The number of likely N-dealkylation sites (tertiary alicyclic amines) is 1. The number of carbonyl (C=O) groups is 5. The fraction of sp³-hybridized carbons (Fsp3) is 0.676. The van der Waals surface area contributed by atoms with Gasteiger partial charge in [-0.3, -0.25) is 28.9 Å². The van der Waals surface area contributed by atoms with Gasteiger partial charge in [-0.05, 0) is 81.3 Å². The number of amides is 4. The number of hydrogen-bond acceptors (Lipinski definition) is 7. The number of hydrogen-bond donors (Lipinski definition) is 4. The van der Waals surface area contributed by atoms with Gasteiger partial charge in [0, 0.05) is 18.2 Å². The normalized spacial score (nSPS) is 18.0. The van der Waals surface area contributed by atoms with Crippen molar-refractivity contribution in [2.24, 2.45) is 11.3 Å². The van der Waals surface area contributed by atoms with Gasteiger partial charge < -0.3 is 26.0 Å². The Bertz CT molecular complexity index is 1170. The Balaban J connectivity index is 1.55. The predicted octanol–water partition coefficient (Wildman–Crippen LogP) is 2.97. The number of Topliss-reactive ketones (excluding diaryl/α,β-unsaturated/α-hetero) is 1.